The molecule has 0 spiro atoms. The van der Waals surface area contributed by atoms with E-state index in [9.17, 15) is 0 Å². The van der Waals surface area contributed by atoms with Gasteiger partial charge in [0.05, 0.1) is 0 Å². The second-order valence-electron chi connectivity index (χ2n) is 1.31. The van der Waals surface area contributed by atoms with E-state index in [0.717, 1.165) is 6.42 Å². The quantitative estimate of drug-likeness (QED) is 0.554. The van der Waals surface area contributed by atoms with Gasteiger partial charge in [0.25, 0.3) is 0 Å². The minimum absolute atomic E-state index is 0. The summed E-state index contributed by atoms with van der Waals surface area (Å²) in [6.45, 7) is 2.60. The molecule has 0 rings (SSSR count). The van der Waals surface area contributed by atoms with Crippen LogP contribution in [-0.4, -0.2) is 6.54 Å². The number of rotatable bonds is 1. The molecule has 1 nitrogen and oxygen atoms in total. The van der Waals surface area contributed by atoms with E-state index in [1.807, 2.05) is 13.0 Å². The standard InChI is InChI=1S/C7H11N.ClH/c1-2-3-4-5-6-7-8;/h5-6H,2,7-8H2,1H3;1H/b6-5+;. The van der Waals surface area contributed by atoms with E-state index >= 15 is 0 Å². The van der Waals surface area contributed by atoms with Crippen molar-refractivity contribution < 1.29 is 0 Å². The summed E-state index contributed by atoms with van der Waals surface area (Å²) in [5.41, 5.74) is 5.16. The lowest BCUT2D eigenvalue weighted by Crippen LogP contribution is -1.91. The van der Waals surface area contributed by atoms with Crippen molar-refractivity contribution in [1.82, 2.24) is 0 Å². The van der Waals surface area contributed by atoms with Crippen molar-refractivity contribution in [1.29, 1.82) is 0 Å². The number of hydrogen-bond acceptors (Lipinski definition) is 1. The van der Waals surface area contributed by atoms with E-state index in [1.54, 1.807) is 6.08 Å². The zero-order valence-corrected chi connectivity index (χ0v) is 6.37. The Hall–Kier alpha value is -0.450. The summed E-state index contributed by atoms with van der Waals surface area (Å²) in [7, 11) is 0. The fourth-order valence-electron chi connectivity index (χ4n) is 0.288. The van der Waals surface area contributed by atoms with Crippen molar-refractivity contribution in [3.63, 3.8) is 0 Å². The third-order valence-electron chi connectivity index (χ3n) is 0.616. The zero-order valence-electron chi connectivity index (χ0n) is 5.55. The average molecular weight is 146 g/mol. The molecule has 0 saturated carbocycles. The first-order chi connectivity index (χ1) is 3.91. The van der Waals surface area contributed by atoms with Crippen molar-refractivity contribution >= 4 is 12.4 Å². The molecule has 0 heterocycles. The van der Waals surface area contributed by atoms with E-state index in [1.165, 1.54) is 0 Å². The molecule has 0 radical (unpaired) electrons. The van der Waals surface area contributed by atoms with Gasteiger partial charge in [0, 0.05) is 13.0 Å². The summed E-state index contributed by atoms with van der Waals surface area (Å²) in [6.07, 6.45) is 4.53. The van der Waals surface area contributed by atoms with Crippen molar-refractivity contribution in [3.05, 3.63) is 12.2 Å². The van der Waals surface area contributed by atoms with E-state index in [4.69, 9.17) is 5.73 Å². The predicted octanol–water partition coefficient (Wildman–Crippen LogP) is 1.34. The smallest absolute Gasteiger partial charge is 0.0116 e. The van der Waals surface area contributed by atoms with Crippen LogP contribution in [0, 0.1) is 11.8 Å². The highest BCUT2D eigenvalue weighted by Gasteiger charge is 1.59. The molecule has 2 N–H and O–H groups in total. The highest BCUT2D eigenvalue weighted by molar-refractivity contribution is 5.85. The van der Waals surface area contributed by atoms with Gasteiger partial charge in [-0.05, 0) is 6.08 Å². The minimum Gasteiger partial charge on any atom is -0.327 e. The van der Waals surface area contributed by atoms with Gasteiger partial charge >= 0.3 is 0 Å². The summed E-state index contributed by atoms with van der Waals surface area (Å²) in [6, 6.07) is 0. The van der Waals surface area contributed by atoms with E-state index in [-0.39, 0.29) is 12.4 Å². The monoisotopic (exact) mass is 145 g/mol. The lowest BCUT2D eigenvalue weighted by molar-refractivity contribution is 1.25. The maximum Gasteiger partial charge on any atom is 0.0116 e. The Balaban J connectivity index is 0. The molecule has 9 heavy (non-hydrogen) atoms. The molecule has 0 amide bonds. The average Bonchev–Trinajstić information content (AvgIpc) is 1.81. The van der Waals surface area contributed by atoms with Gasteiger partial charge in [0.2, 0.25) is 0 Å². The van der Waals surface area contributed by atoms with E-state index in [0.29, 0.717) is 6.54 Å². The lowest BCUT2D eigenvalue weighted by Gasteiger charge is -1.70. The van der Waals surface area contributed by atoms with Gasteiger partial charge in [-0.2, -0.15) is 0 Å². The van der Waals surface area contributed by atoms with Crippen LogP contribution in [0.25, 0.3) is 0 Å². The predicted molar refractivity (Wildman–Crippen MR) is 43.5 cm³/mol. The topological polar surface area (TPSA) is 26.0 Å². The number of nitrogens with two attached hydrogens (primary N) is 1. The van der Waals surface area contributed by atoms with Crippen molar-refractivity contribution in [2.45, 2.75) is 13.3 Å². The van der Waals surface area contributed by atoms with Gasteiger partial charge in [0.15, 0.2) is 0 Å². The molecule has 0 saturated heterocycles. The third-order valence-corrected chi connectivity index (χ3v) is 0.616. The van der Waals surface area contributed by atoms with E-state index < -0.39 is 0 Å². The van der Waals surface area contributed by atoms with Crippen LogP contribution in [-0.2, 0) is 0 Å². The molecule has 0 fully saturated rings. The minimum atomic E-state index is 0. The van der Waals surface area contributed by atoms with Crippen LogP contribution in [0.3, 0.4) is 0 Å². The van der Waals surface area contributed by atoms with Gasteiger partial charge in [-0.3, -0.25) is 0 Å². The molecule has 0 atom stereocenters. The summed E-state index contributed by atoms with van der Waals surface area (Å²) in [5, 5.41) is 0. The largest absolute Gasteiger partial charge is 0.327 e. The molecule has 0 unspecified atom stereocenters. The highest BCUT2D eigenvalue weighted by atomic mass is 35.5. The van der Waals surface area contributed by atoms with Gasteiger partial charge < -0.3 is 5.73 Å². The van der Waals surface area contributed by atoms with Crippen LogP contribution in [0.5, 0.6) is 0 Å². The molecule has 0 bridgehead atoms. The number of hydrogen-bond donors (Lipinski definition) is 1. The van der Waals surface area contributed by atoms with Crippen LogP contribution >= 0.6 is 12.4 Å². The molecule has 2 heteroatoms. The Bertz CT molecular complexity index is 119. The maximum absolute atomic E-state index is 5.16. The van der Waals surface area contributed by atoms with Gasteiger partial charge in [-0.1, -0.05) is 24.8 Å². The Morgan fingerprint density at radius 2 is 2.22 bits per heavy atom. The summed E-state index contributed by atoms with van der Waals surface area (Å²) in [5.74, 6) is 5.72. The molecular weight excluding hydrogens is 134 g/mol. The fraction of sp³-hybridized carbons (Fsp3) is 0.429. The molecule has 0 aromatic rings. The fourth-order valence-corrected chi connectivity index (χ4v) is 0.288. The summed E-state index contributed by atoms with van der Waals surface area (Å²) >= 11 is 0. The number of allylic oxidation sites excluding steroid dienone is 1. The lowest BCUT2D eigenvalue weighted by atomic mass is 10.4. The number of halogens is 1. The van der Waals surface area contributed by atoms with Crippen LogP contribution in [0.2, 0.25) is 0 Å². The van der Waals surface area contributed by atoms with E-state index in [2.05, 4.69) is 11.8 Å². The Morgan fingerprint density at radius 3 is 2.67 bits per heavy atom. The van der Waals surface area contributed by atoms with Gasteiger partial charge in [-0.25, -0.2) is 0 Å². The van der Waals surface area contributed by atoms with Crippen molar-refractivity contribution in [2.24, 2.45) is 5.73 Å². The summed E-state index contributed by atoms with van der Waals surface area (Å²) in [4.78, 5) is 0. The van der Waals surface area contributed by atoms with Crippen LogP contribution in [0.4, 0.5) is 0 Å². The normalized spacial score (nSPS) is 7.78. The molecule has 0 aliphatic carbocycles. The SMILES string of the molecule is CCC#C/C=C/CN.Cl. The van der Waals surface area contributed by atoms with Gasteiger partial charge in [-0.15, -0.1) is 12.4 Å². The maximum atomic E-state index is 5.16. The van der Waals surface area contributed by atoms with Crippen molar-refractivity contribution in [2.75, 3.05) is 6.54 Å². The van der Waals surface area contributed by atoms with Gasteiger partial charge in [0.1, 0.15) is 0 Å². The Labute approximate surface area is 62.7 Å². The summed E-state index contributed by atoms with van der Waals surface area (Å²) < 4.78 is 0. The Morgan fingerprint density at radius 1 is 1.56 bits per heavy atom. The first-order valence-electron chi connectivity index (χ1n) is 2.75. The van der Waals surface area contributed by atoms with Crippen LogP contribution in [0.1, 0.15) is 13.3 Å². The van der Waals surface area contributed by atoms with Crippen molar-refractivity contribution in [3.8, 4) is 11.8 Å². The molecule has 0 aromatic carbocycles. The molecular formula is C7H12ClN. The molecule has 0 aromatic heterocycles. The van der Waals surface area contributed by atoms with Crippen LogP contribution in [0.15, 0.2) is 12.2 Å². The zero-order chi connectivity index (χ0) is 6.24. The third kappa shape index (κ3) is 11.2. The Kier molecular flexibility index (Phi) is 13.3. The highest BCUT2D eigenvalue weighted by Crippen LogP contribution is 1.68. The molecule has 52 valence electrons. The second kappa shape index (κ2) is 10.5. The first kappa shape index (κ1) is 11.4. The molecule has 0 aliphatic heterocycles. The second-order valence-corrected chi connectivity index (χ2v) is 1.31. The first-order valence-corrected chi connectivity index (χ1v) is 2.75. The van der Waals surface area contributed by atoms with Crippen LogP contribution < -0.4 is 5.73 Å². The molecule has 0 aliphatic rings.